The Bertz CT molecular complexity index is 2650. The number of anilines is 1. The second-order valence-corrected chi connectivity index (χ2v) is 22.4. The molecule has 16 heteroatoms. The predicted octanol–water partition coefficient (Wildman–Crippen LogP) is 10.4. The molecule has 0 bridgehead atoms. The minimum Gasteiger partial charge on any atom is -0.388 e. The van der Waals surface area contributed by atoms with E-state index in [0.717, 1.165) is 45.8 Å². The zero-order valence-corrected chi connectivity index (χ0v) is 39.8. The molecular formula is C50H54ClF3N2O7S3. The molecule has 0 unspecified atom stereocenters. The largest absolute Gasteiger partial charge is 0.501 e. The molecule has 0 aromatic heterocycles. The topological polar surface area (TPSA) is 121 Å². The van der Waals surface area contributed by atoms with Crippen LogP contribution in [-0.2, 0) is 30.8 Å². The van der Waals surface area contributed by atoms with Crippen molar-refractivity contribution < 1.29 is 44.6 Å². The fourth-order valence-electron chi connectivity index (χ4n) is 8.84. The molecule has 9 nitrogen and oxygen atoms in total. The van der Waals surface area contributed by atoms with E-state index in [1.807, 2.05) is 78.9 Å². The van der Waals surface area contributed by atoms with Crippen molar-refractivity contribution in [3.63, 3.8) is 0 Å². The summed E-state index contributed by atoms with van der Waals surface area (Å²) in [5, 5.41) is 12.2. The standard InChI is InChI=1S/C50H54ClF3N2O7S3/c1-2-41-32-63-29-28-56(41)25-22-35(33-64-43-8-4-3-5-9-43)30-39-16-21-44(31-48(39)66(61,62)50(52,53)54)65(59,60)34-47(57)37-14-19-42(20-15-37)55-26-23-38(24-27-55)49(58)46-11-7-6-10-45(46)36-12-17-40(51)18-13-36/h3-21,31,35,38,41,49,58H,2,22-30,32-34H2,1H3/t35-,41+,49+/m0/s1. The van der Waals surface area contributed by atoms with Crippen LogP contribution in [0, 0.1) is 11.8 Å². The van der Waals surface area contributed by atoms with E-state index in [-0.39, 0.29) is 35.4 Å². The van der Waals surface area contributed by atoms with Gasteiger partial charge >= 0.3 is 5.51 Å². The van der Waals surface area contributed by atoms with Gasteiger partial charge < -0.3 is 14.7 Å². The van der Waals surface area contributed by atoms with Gasteiger partial charge in [0, 0.05) is 52.6 Å². The van der Waals surface area contributed by atoms with Gasteiger partial charge in [-0.3, -0.25) is 9.69 Å². The Kier molecular flexibility index (Phi) is 16.4. The molecular weight excluding hydrogens is 929 g/mol. The van der Waals surface area contributed by atoms with E-state index in [2.05, 4.69) is 16.7 Å². The van der Waals surface area contributed by atoms with Crippen LogP contribution in [0.15, 0.2) is 136 Å². The summed E-state index contributed by atoms with van der Waals surface area (Å²) in [6.45, 7) is 5.79. The van der Waals surface area contributed by atoms with Crippen molar-refractivity contribution in [1.29, 1.82) is 0 Å². The maximum absolute atomic E-state index is 14.3. The van der Waals surface area contributed by atoms with Crippen molar-refractivity contribution in [3.05, 3.63) is 143 Å². The van der Waals surface area contributed by atoms with Crippen LogP contribution >= 0.6 is 23.4 Å². The molecule has 2 aliphatic heterocycles. The number of sulfone groups is 2. The number of alkyl halides is 3. The van der Waals surface area contributed by atoms with E-state index in [0.29, 0.717) is 75.5 Å². The minimum absolute atomic E-state index is 0.00411. The number of Topliss-reactive ketones (excluding diaryl/α,β-unsaturated/α-hetero) is 1. The Hall–Kier alpha value is -4.22. The number of ether oxygens (including phenoxy) is 1. The first-order chi connectivity index (χ1) is 31.5. The number of aliphatic hydroxyl groups is 1. The molecule has 66 heavy (non-hydrogen) atoms. The summed E-state index contributed by atoms with van der Waals surface area (Å²) in [5.41, 5.74) is -2.22. The van der Waals surface area contributed by atoms with E-state index in [4.69, 9.17) is 16.3 Å². The van der Waals surface area contributed by atoms with Gasteiger partial charge in [-0.05, 0) is 133 Å². The molecule has 352 valence electrons. The summed E-state index contributed by atoms with van der Waals surface area (Å²) >= 11 is 7.63. The molecule has 2 fully saturated rings. The lowest BCUT2D eigenvalue weighted by atomic mass is 9.84. The minimum atomic E-state index is -5.99. The number of carbonyl (C=O) groups excluding carboxylic acids is 1. The Morgan fingerprint density at radius 3 is 2.24 bits per heavy atom. The number of halogens is 4. The fraction of sp³-hybridized carbons (Fsp3) is 0.380. The number of morpholine rings is 1. The van der Waals surface area contributed by atoms with Crippen molar-refractivity contribution in [2.24, 2.45) is 11.8 Å². The van der Waals surface area contributed by atoms with E-state index < -0.39 is 52.6 Å². The number of ketones is 1. The van der Waals surface area contributed by atoms with Crippen LogP contribution in [0.4, 0.5) is 18.9 Å². The first-order valence-electron chi connectivity index (χ1n) is 22.1. The number of carbonyl (C=O) groups is 1. The molecule has 2 heterocycles. The van der Waals surface area contributed by atoms with E-state index >= 15 is 0 Å². The molecule has 3 atom stereocenters. The van der Waals surface area contributed by atoms with Crippen LogP contribution in [0.1, 0.15) is 60.2 Å². The highest BCUT2D eigenvalue weighted by Crippen LogP contribution is 2.39. The second-order valence-electron chi connectivity index (χ2n) is 17.0. The lowest BCUT2D eigenvalue weighted by molar-refractivity contribution is -0.0436. The van der Waals surface area contributed by atoms with Gasteiger partial charge in [-0.25, -0.2) is 16.8 Å². The van der Waals surface area contributed by atoms with Crippen molar-refractivity contribution in [2.45, 2.75) is 71.4 Å². The summed E-state index contributed by atoms with van der Waals surface area (Å²) in [7, 11) is -10.6. The zero-order chi connectivity index (χ0) is 47.1. The van der Waals surface area contributed by atoms with Gasteiger partial charge in [-0.2, -0.15) is 13.2 Å². The van der Waals surface area contributed by atoms with Crippen molar-refractivity contribution in [3.8, 4) is 11.1 Å². The molecule has 7 rings (SSSR count). The van der Waals surface area contributed by atoms with Gasteiger partial charge in [0.25, 0.3) is 9.84 Å². The Labute approximate surface area is 395 Å². The Morgan fingerprint density at radius 2 is 1.56 bits per heavy atom. The van der Waals surface area contributed by atoms with Crippen molar-refractivity contribution in [2.75, 3.05) is 55.8 Å². The fourth-order valence-corrected chi connectivity index (χ4v) is 12.4. The number of nitrogens with zero attached hydrogens (tertiary/aromatic N) is 2. The van der Waals surface area contributed by atoms with Crippen LogP contribution in [-0.4, -0.2) is 95.1 Å². The average molecular weight is 984 g/mol. The molecule has 0 amide bonds. The van der Waals surface area contributed by atoms with Crippen LogP contribution in [0.2, 0.25) is 5.02 Å². The van der Waals surface area contributed by atoms with Crippen LogP contribution in [0.25, 0.3) is 11.1 Å². The maximum atomic E-state index is 14.3. The summed E-state index contributed by atoms with van der Waals surface area (Å²) in [6.07, 6.45) is 2.06. The van der Waals surface area contributed by atoms with Gasteiger partial charge in [-0.15, -0.1) is 11.8 Å². The smallest absolute Gasteiger partial charge is 0.388 e. The molecule has 2 saturated heterocycles. The summed E-state index contributed by atoms with van der Waals surface area (Å²) < 4.78 is 102. The van der Waals surface area contributed by atoms with Gasteiger partial charge in [0.05, 0.1) is 29.1 Å². The first kappa shape index (κ1) is 49.7. The van der Waals surface area contributed by atoms with Gasteiger partial charge in [0.2, 0.25) is 0 Å². The Morgan fingerprint density at radius 1 is 0.879 bits per heavy atom. The number of hydrogen-bond acceptors (Lipinski definition) is 10. The third-order valence-corrected chi connectivity index (χ3v) is 17.3. The van der Waals surface area contributed by atoms with Crippen molar-refractivity contribution in [1.82, 2.24) is 4.90 Å². The van der Waals surface area contributed by atoms with Crippen LogP contribution < -0.4 is 4.90 Å². The van der Waals surface area contributed by atoms with Crippen molar-refractivity contribution >= 4 is 54.5 Å². The first-order valence-corrected chi connectivity index (χ1v) is 26.6. The van der Waals surface area contributed by atoms with E-state index in [1.165, 1.54) is 23.9 Å². The molecule has 0 aliphatic carbocycles. The number of rotatable bonds is 18. The summed E-state index contributed by atoms with van der Waals surface area (Å²) in [4.78, 5) is 17.0. The number of benzene rings is 5. The highest BCUT2D eigenvalue weighted by Gasteiger charge is 2.48. The van der Waals surface area contributed by atoms with E-state index in [1.54, 1.807) is 12.1 Å². The molecule has 5 aromatic carbocycles. The van der Waals surface area contributed by atoms with Gasteiger partial charge in [-0.1, -0.05) is 79.2 Å². The van der Waals surface area contributed by atoms with Gasteiger partial charge in [0.15, 0.2) is 15.6 Å². The Balaban J connectivity index is 1.03. The second kappa shape index (κ2) is 21.8. The monoisotopic (exact) mass is 982 g/mol. The molecule has 1 N–H and O–H groups in total. The SMILES string of the molecule is CC[C@@H]1COCCN1CC[C@H](CSc1ccccc1)Cc1ccc(S(=O)(=O)CC(=O)c2ccc(N3CCC([C@@H](O)c4ccccc4-c4ccc(Cl)cc4)CC3)cc2)cc1S(=O)(=O)C(F)(F)F. The summed E-state index contributed by atoms with van der Waals surface area (Å²) in [6, 6.07) is 34.2. The highest BCUT2D eigenvalue weighted by atomic mass is 35.5. The number of thioether (sulfide) groups is 1. The maximum Gasteiger partial charge on any atom is 0.501 e. The molecule has 0 saturated carbocycles. The number of hydrogen-bond donors (Lipinski definition) is 1. The lowest BCUT2D eigenvalue weighted by Crippen LogP contribution is -2.45. The molecule has 5 aromatic rings. The number of aliphatic hydroxyl groups excluding tert-OH is 1. The normalized spacial score (nSPS) is 17.7. The third kappa shape index (κ3) is 12.1. The predicted molar refractivity (Wildman–Crippen MR) is 255 cm³/mol. The summed E-state index contributed by atoms with van der Waals surface area (Å²) in [5.74, 6) is -1.67. The van der Waals surface area contributed by atoms with Gasteiger partial charge in [0.1, 0.15) is 5.75 Å². The quantitative estimate of drug-likeness (QED) is 0.0671. The average Bonchev–Trinajstić information content (AvgIpc) is 3.32. The lowest BCUT2D eigenvalue weighted by Gasteiger charge is -2.36. The third-order valence-electron chi connectivity index (χ3n) is 12.7. The molecule has 2 aliphatic rings. The molecule has 0 spiro atoms. The zero-order valence-electron chi connectivity index (χ0n) is 36.6. The molecule has 0 radical (unpaired) electrons. The van der Waals surface area contributed by atoms with E-state index in [9.17, 15) is 39.9 Å². The highest BCUT2D eigenvalue weighted by molar-refractivity contribution is 7.99. The van der Waals surface area contributed by atoms with Crippen LogP contribution in [0.5, 0.6) is 0 Å². The number of piperidine rings is 1. The van der Waals surface area contributed by atoms with Crippen LogP contribution in [0.3, 0.4) is 0 Å².